The smallest absolute Gasteiger partial charge is 0.267 e. The van der Waals surface area contributed by atoms with Gasteiger partial charge >= 0.3 is 0 Å². The lowest BCUT2D eigenvalue weighted by molar-refractivity contribution is -0.121. The van der Waals surface area contributed by atoms with E-state index in [1.54, 1.807) is 27.0 Å². The predicted molar refractivity (Wildman–Crippen MR) is 112 cm³/mol. The molecular weight excluding hydrogens is 400 g/mol. The quantitative estimate of drug-likeness (QED) is 0.643. The second-order valence-corrected chi connectivity index (χ2v) is 7.49. The fraction of sp³-hybridized carbons (Fsp3) is 0.364. The van der Waals surface area contributed by atoms with Crippen LogP contribution in [0.2, 0.25) is 0 Å². The molecule has 1 saturated heterocycles. The normalized spacial score (nSPS) is 18.2. The first-order valence-corrected chi connectivity index (χ1v) is 9.99. The minimum atomic E-state index is -0.410. The molecular formula is C22H24N4O5. The fourth-order valence-corrected chi connectivity index (χ4v) is 3.69. The number of ether oxygens (including phenoxy) is 2. The largest absolute Gasteiger partial charge is 0.497 e. The highest BCUT2D eigenvalue weighted by atomic mass is 16.5. The number of amides is 1. The van der Waals surface area contributed by atoms with Crippen molar-refractivity contribution in [3.63, 3.8) is 0 Å². The van der Waals surface area contributed by atoms with Gasteiger partial charge in [0.2, 0.25) is 5.91 Å². The van der Waals surface area contributed by atoms with Gasteiger partial charge in [0, 0.05) is 17.2 Å². The standard InChI is InChI=1S/C22H24N4O5/c1-13-17(14(2)31-25-13)10-21(27)23-19-11-30-12-20(19)26-22(28)8-7-18(24-26)15-5-4-6-16(9-15)29-3/h4-9,19-20H,10-12H2,1-3H3,(H,23,27). The Balaban J connectivity index is 1.55. The van der Waals surface area contributed by atoms with Gasteiger partial charge in [-0.05, 0) is 32.0 Å². The zero-order valence-electron chi connectivity index (χ0n) is 17.6. The van der Waals surface area contributed by atoms with Crippen molar-refractivity contribution in [2.45, 2.75) is 32.4 Å². The van der Waals surface area contributed by atoms with Crippen LogP contribution in [0.3, 0.4) is 0 Å². The van der Waals surface area contributed by atoms with Crippen molar-refractivity contribution in [3.8, 4) is 17.0 Å². The maximum Gasteiger partial charge on any atom is 0.267 e. The Morgan fingerprint density at radius 3 is 2.84 bits per heavy atom. The van der Waals surface area contributed by atoms with Gasteiger partial charge in [-0.1, -0.05) is 17.3 Å². The van der Waals surface area contributed by atoms with Crippen molar-refractivity contribution >= 4 is 5.91 Å². The van der Waals surface area contributed by atoms with E-state index in [9.17, 15) is 9.59 Å². The monoisotopic (exact) mass is 424 g/mol. The summed E-state index contributed by atoms with van der Waals surface area (Å²) >= 11 is 0. The van der Waals surface area contributed by atoms with Crippen LogP contribution in [-0.2, 0) is 16.0 Å². The van der Waals surface area contributed by atoms with E-state index in [4.69, 9.17) is 14.0 Å². The Kier molecular flexibility index (Phi) is 5.85. The number of nitrogens with zero attached hydrogens (tertiary/aromatic N) is 3. The highest BCUT2D eigenvalue weighted by molar-refractivity contribution is 5.79. The van der Waals surface area contributed by atoms with E-state index in [-0.39, 0.29) is 30.5 Å². The second-order valence-electron chi connectivity index (χ2n) is 7.49. The minimum Gasteiger partial charge on any atom is -0.497 e. The summed E-state index contributed by atoms with van der Waals surface area (Å²) in [5.41, 5.74) is 2.66. The molecule has 31 heavy (non-hydrogen) atoms. The molecule has 3 heterocycles. The van der Waals surface area contributed by atoms with Crippen molar-refractivity contribution in [2.24, 2.45) is 0 Å². The van der Waals surface area contributed by atoms with Gasteiger partial charge in [0.15, 0.2) is 0 Å². The first-order valence-electron chi connectivity index (χ1n) is 9.99. The minimum absolute atomic E-state index is 0.149. The van der Waals surface area contributed by atoms with Crippen LogP contribution in [0.4, 0.5) is 0 Å². The molecule has 3 aromatic rings. The third kappa shape index (κ3) is 4.36. The van der Waals surface area contributed by atoms with Gasteiger partial charge in [0.05, 0.1) is 44.2 Å². The third-order valence-corrected chi connectivity index (χ3v) is 5.42. The summed E-state index contributed by atoms with van der Waals surface area (Å²) < 4.78 is 17.4. The molecule has 2 atom stereocenters. The van der Waals surface area contributed by atoms with Gasteiger partial charge in [-0.15, -0.1) is 0 Å². The molecule has 0 bridgehead atoms. The van der Waals surface area contributed by atoms with E-state index in [2.05, 4.69) is 15.6 Å². The number of hydrogen-bond acceptors (Lipinski definition) is 7. The molecule has 4 rings (SSSR count). The van der Waals surface area contributed by atoms with E-state index in [0.29, 0.717) is 29.5 Å². The molecule has 9 nitrogen and oxygen atoms in total. The highest BCUT2D eigenvalue weighted by Crippen LogP contribution is 2.23. The van der Waals surface area contributed by atoms with Crippen molar-refractivity contribution in [3.05, 3.63) is 63.8 Å². The summed E-state index contributed by atoms with van der Waals surface area (Å²) in [5, 5.41) is 11.4. The molecule has 162 valence electrons. The molecule has 1 amide bonds. The number of hydrogen-bond donors (Lipinski definition) is 1. The zero-order valence-corrected chi connectivity index (χ0v) is 17.6. The fourth-order valence-electron chi connectivity index (χ4n) is 3.69. The molecule has 2 unspecified atom stereocenters. The lowest BCUT2D eigenvalue weighted by Gasteiger charge is -2.21. The molecule has 1 N–H and O–H groups in total. The maximum atomic E-state index is 12.6. The predicted octanol–water partition coefficient (Wildman–Crippen LogP) is 1.82. The molecule has 1 aliphatic heterocycles. The number of aryl methyl sites for hydroxylation is 2. The summed E-state index contributed by atoms with van der Waals surface area (Å²) in [7, 11) is 1.60. The van der Waals surface area contributed by atoms with Crippen LogP contribution in [0.15, 0.2) is 45.7 Å². The average Bonchev–Trinajstić information content (AvgIpc) is 3.35. The van der Waals surface area contributed by atoms with Crippen molar-refractivity contribution in [1.29, 1.82) is 0 Å². The Labute approximate surface area is 179 Å². The molecule has 1 aromatic carbocycles. The first kappa shape index (κ1) is 20.8. The number of nitrogens with one attached hydrogen (secondary N) is 1. The highest BCUT2D eigenvalue weighted by Gasteiger charge is 2.33. The number of carbonyl (C=O) groups excluding carboxylic acids is 1. The topological polar surface area (TPSA) is 108 Å². The Bertz CT molecular complexity index is 1130. The molecule has 1 fully saturated rings. The first-order chi connectivity index (χ1) is 15.0. The molecule has 1 aliphatic rings. The molecule has 0 aliphatic carbocycles. The van der Waals surface area contributed by atoms with Gasteiger partial charge in [-0.3, -0.25) is 9.59 Å². The van der Waals surface area contributed by atoms with Crippen LogP contribution in [-0.4, -0.2) is 47.2 Å². The van der Waals surface area contributed by atoms with E-state index < -0.39 is 6.04 Å². The molecule has 9 heteroatoms. The van der Waals surface area contributed by atoms with E-state index >= 15 is 0 Å². The van der Waals surface area contributed by atoms with Crippen LogP contribution in [0.5, 0.6) is 5.75 Å². The Morgan fingerprint density at radius 2 is 2.10 bits per heavy atom. The Hall–Kier alpha value is -3.46. The van der Waals surface area contributed by atoms with Crippen molar-refractivity contribution in [1.82, 2.24) is 20.3 Å². The van der Waals surface area contributed by atoms with E-state index in [0.717, 1.165) is 11.1 Å². The number of benzene rings is 1. The van der Waals surface area contributed by atoms with Gasteiger partial charge in [-0.25, -0.2) is 4.68 Å². The summed E-state index contributed by atoms with van der Waals surface area (Å²) in [6.45, 7) is 4.16. The summed E-state index contributed by atoms with van der Waals surface area (Å²) in [4.78, 5) is 25.2. The molecule has 0 radical (unpaired) electrons. The molecule has 2 aromatic heterocycles. The number of rotatable bonds is 6. The van der Waals surface area contributed by atoms with Gasteiger partial charge < -0.3 is 19.3 Å². The molecule has 0 saturated carbocycles. The molecule has 0 spiro atoms. The lowest BCUT2D eigenvalue weighted by Crippen LogP contribution is -2.44. The van der Waals surface area contributed by atoms with Gasteiger partial charge in [-0.2, -0.15) is 5.10 Å². The van der Waals surface area contributed by atoms with Crippen LogP contribution in [0, 0.1) is 13.8 Å². The lowest BCUT2D eigenvalue weighted by atomic mass is 10.1. The van der Waals surface area contributed by atoms with Gasteiger partial charge in [0.1, 0.15) is 17.6 Å². The Morgan fingerprint density at radius 1 is 1.26 bits per heavy atom. The van der Waals surface area contributed by atoms with Crippen molar-refractivity contribution in [2.75, 3.05) is 20.3 Å². The van der Waals surface area contributed by atoms with E-state index in [1.807, 2.05) is 24.3 Å². The zero-order chi connectivity index (χ0) is 22.0. The summed E-state index contributed by atoms with van der Waals surface area (Å²) in [6.07, 6.45) is 0.149. The SMILES string of the molecule is COc1cccc(-c2ccc(=O)n(C3COCC3NC(=O)Cc3c(C)noc3C)n2)c1. The number of carbonyl (C=O) groups is 1. The maximum absolute atomic E-state index is 12.6. The van der Waals surface area contributed by atoms with Crippen molar-refractivity contribution < 1.29 is 18.8 Å². The number of aromatic nitrogens is 3. The van der Waals surface area contributed by atoms with Crippen LogP contribution in [0.25, 0.3) is 11.3 Å². The van der Waals surface area contributed by atoms with E-state index in [1.165, 1.54) is 10.7 Å². The summed E-state index contributed by atoms with van der Waals surface area (Å²) in [5.74, 6) is 1.13. The second kappa shape index (κ2) is 8.73. The van der Waals surface area contributed by atoms with Crippen LogP contribution >= 0.6 is 0 Å². The average molecular weight is 424 g/mol. The van der Waals surface area contributed by atoms with Crippen LogP contribution < -0.4 is 15.6 Å². The third-order valence-electron chi connectivity index (χ3n) is 5.42. The summed E-state index contributed by atoms with van der Waals surface area (Å²) in [6, 6.07) is 9.82. The van der Waals surface area contributed by atoms with Gasteiger partial charge in [0.25, 0.3) is 5.56 Å². The number of methoxy groups -OCH3 is 1. The van der Waals surface area contributed by atoms with Crippen LogP contribution in [0.1, 0.15) is 23.1 Å².